The Morgan fingerprint density at radius 2 is 2.06 bits per heavy atom. The van der Waals surface area contributed by atoms with Crippen molar-refractivity contribution in [1.82, 2.24) is 9.97 Å². The van der Waals surface area contributed by atoms with Gasteiger partial charge in [0, 0.05) is 30.0 Å². The lowest BCUT2D eigenvalue weighted by atomic mass is 10.2. The van der Waals surface area contributed by atoms with E-state index in [0.29, 0.717) is 6.04 Å². The number of nitrogens with zero attached hydrogens (tertiary/aromatic N) is 3. The topological polar surface area (TPSA) is 29.0 Å². The van der Waals surface area contributed by atoms with Crippen molar-refractivity contribution in [3.05, 3.63) is 29.0 Å². The monoisotopic (exact) mass is 305 g/mol. The van der Waals surface area contributed by atoms with E-state index in [0.717, 1.165) is 15.5 Å². The minimum absolute atomic E-state index is 0.654. The third-order valence-corrected chi connectivity index (χ3v) is 4.21. The minimum atomic E-state index is 0.654. The molecule has 0 spiro atoms. The van der Waals surface area contributed by atoms with Gasteiger partial charge in [-0.2, -0.15) is 0 Å². The lowest BCUT2D eigenvalue weighted by Crippen LogP contribution is -2.29. The van der Waals surface area contributed by atoms with Crippen LogP contribution in [-0.2, 0) is 0 Å². The van der Waals surface area contributed by atoms with E-state index >= 15 is 0 Å². The highest BCUT2D eigenvalue weighted by molar-refractivity contribution is 9.10. The number of pyridine rings is 2. The van der Waals surface area contributed by atoms with Gasteiger partial charge in [0.15, 0.2) is 0 Å². The Morgan fingerprint density at radius 1 is 1.28 bits per heavy atom. The Labute approximate surface area is 115 Å². The Hall–Kier alpha value is -1.16. The Bertz CT molecular complexity index is 564. The van der Waals surface area contributed by atoms with Gasteiger partial charge in [-0.25, -0.2) is 0 Å². The van der Waals surface area contributed by atoms with Crippen LogP contribution in [0.3, 0.4) is 0 Å². The van der Waals surface area contributed by atoms with Gasteiger partial charge in [-0.05, 0) is 40.9 Å². The summed E-state index contributed by atoms with van der Waals surface area (Å²) in [5.74, 6) is 0. The predicted molar refractivity (Wildman–Crippen MR) is 77.9 cm³/mol. The van der Waals surface area contributed by atoms with Gasteiger partial charge in [0.1, 0.15) is 5.52 Å². The summed E-state index contributed by atoms with van der Waals surface area (Å²) < 4.78 is 0.975. The fourth-order valence-corrected chi connectivity index (χ4v) is 3.08. The van der Waals surface area contributed by atoms with Gasteiger partial charge < -0.3 is 4.90 Å². The van der Waals surface area contributed by atoms with Gasteiger partial charge in [0.2, 0.25) is 0 Å². The molecule has 0 saturated heterocycles. The fraction of sp³-hybridized carbons (Fsp3) is 0.429. The van der Waals surface area contributed by atoms with Crippen LogP contribution >= 0.6 is 15.9 Å². The maximum absolute atomic E-state index is 4.52. The third kappa shape index (κ3) is 2.09. The van der Waals surface area contributed by atoms with Gasteiger partial charge in [-0.3, -0.25) is 9.97 Å². The van der Waals surface area contributed by atoms with Gasteiger partial charge >= 0.3 is 0 Å². The van der Waals surface area contributed by atoms with Crippen LogP contribution in [0.2, 0.25) is 0 Å². The van der Waals surface area contributed by atoms with Crippen molar-refractivity contribution in [2.24, 2.45) is 0 Å². The minimum Gasteiger partial charge on any atom is -0.370 e. The number of halogens is 1. The van der Waals surface area contributed by atoms with Crippen LogP contribution in [0, 0.1) is 0 Å². The summed E-state index contributed by atoms with van der Waals surface area (Å²) in [6.07, 6.45) is 8.98. The average molecular weight is 306 g/mol. The van der Waals surface area contributed by atoms with Gasteiger partial charge in [0.05, 0.1) is 11.2 Å². The highest BCUT2D eigenvalue weighted by Crippen LogP contribution is 2.30. The van der Waals surface area contributed by atoms with Crippen molar-refractivity contribution in [2.45, 2.75) is 31.7 Å². The quantitative estimate of drug-likeness (QED) is 0.845. The largest absolute Gasteiger partial charge is 0.370 e. The zero-order valence-electron chi connectivity index (χ0n) is 10.4. The zero-order valence-corrected chi connectivity index (χ0v) is 12.0. The second-order valence-electron chi connectivity index (χ2n) is 4.90. The predicted octanol–water partition coefficient (Wildman–Crippen LogP) is 3.77. The molecule has 2 aromatic heterocycles. The molecule has 1 saturated carbocycles. The SMILES string of the molecule is CN(c1ccnc2cc(Br)cnc12)C1CCCC1. The summed E-state index contributed by atoms with van der Waals surface area (Å²) in [4.78, 5) is 11.3. The van der Waals surface area contributed by atoms with E-state index in [1.54, 1.807) is 0 Å². The second-order valence-corrected chi connectivity index (χ2v) is 5.82. The van der Waals surface area contributed by atoms with E-state index in [2.05, 4.69) is 43.9 Å². The molecule has 0 N–H and O–H groups in total. The number of hydrogen-bond donors (Lipinski definition) is 0. The first-order valence-corrected chi connectivity index (χ1v) is 7.18. The Balaban J connectivity index is 2.05. The van der Waals surface area contributed by atoms with Crippen LogP contribution in [0.15, 0.2) is 29.0 Å². The molecule has 1 fully saturated rings. The van der Waals surface area contributed by atoms with Gasteiger partial charge in [-0.1, -0.05) is 12.8 Å². The molecular formula is C14H16BrN3. The van der Waals surface area contributed by atoms with Crippen LogP contribution in [0.4, 0.5) is 5.69 Å². The molecule has 0 amide bonds. The molecule has 3 nitrogen and oxygen atoms in total. The number of hydrogen-bond acceptors (Lipinski definition) is 3. The normalized spacial score (nSPS) is 16.3. The first kappa shape index (κ1) is 11.9. The zero-order chi connectivity index (χ0) is 12.5. The summed E-state index contributed by atoms with van der Waals surface area (Å²) >= 11 is 3.44. The first-order valence-electron chi connectivity index (χ1n) is 6.39. The van der Waals surface area contributed by atoms with E-state index in [1.807, 2.05) is 18.5 Å². The van der Waals surface area contributed by atoms with Crippen LogP contribution in [0.25, 0.3) is 11.0 Å². The number of fused-ring (bicyclic) bond motifs is 1. The maximum Gasteiger partial charge on any atom is 0.112 e. The Morgan fingerprint density at radius 3 is 2.83 bits per heavy atom. The third-order valence-electron chi connectivity index (χ3n) is 3.78. The first-order chi connectivity index (χ1) is 8.75. The van der Waals surface area contributed by atoms with Crippen LogP contribution < -0.4 is 4.90 Å². The lowest BCUT2D eigenvalue weighted by molar-refractivity contribution is 0.654. The van der Waals surface area contributed by atoms with Crippen molar-refractivity contribution in [3.63, 3.8) is 0 Å². The van der Waals surface area contributed by atoms with Crippen molar-refractivity contribution in [2.75, 3.05) is 11.9 Å². The highest BCUT2D eigenvalue weighted by Gasteiger charge is 2.21. The van der Waals surface area contributed by atoms with Crippen LogP contribution in [-0.4, -0.2) is 23.1 Å². The molecular weight excluding hydrogens is 290 g/mol. The second kappa shape index (κ2) is 4.84. The van der Waals surface area contributed by atoms with E-state index in [1.165, 1.54) is 31.4 Å². The van der Waals surface area contributed by atoms with Crippen molar-refractivity contribution < 1.29 is 0 Å². The molecule has 0 aromatic carbocycles. The molecule has 0 bridgehead atoms. The molecule has 0 aliphatic heterocycles. The molecule has 1 aliphatic rings. The average Bonchev–Trinajstić information content (AvgIpc) is 2.90. The summed E-state index contributed by atoms with van der Waals surface area (Å²) in [7, 11) is 2.18. The summed E-state index contributed by atoms with van der Waals surface area (Å²) in [5, 5.41) is 0. The highest BCUT2D eigenvalue weighted by atomic mass is 79.9. The molecule has 18 heavy (non-hydrogen) atoms. The van der Waals surface area contributed by atoms with Gasteiger partial charge in [-0.15, -0.1) is 0 Å². The molecule has 4 heteroatoms. The van der Waals surface area contributed by atoms with Crippen LogP contribution in [0.5, 0.6) is 0 Å². The molecule has 94 valence electrons. The molecule has 2 heterocycles. The number of aromatic nitrogens is 2. The molecule has 3 rings (SSSR count). The van der Waals surface area contributed by atoms with Gasteiger partial charge in [0.25, 0.3) is 0 Å². The number of anilines is 1. The fourth-order valence-electron chi connectivity index (χ4n) is 2.76. The van der Waals surface area contributed by atoms with E-state index in [9.17, 15) is 0 Å². The van der Waals surface area contributed by atoms with Crippen molar-refractivity contribution in [3.8, 4) is 0 Å². The van der Waals surface area contributed by atoms with E-state index < -0.39 is 0 Å². The molecule has 0 unspecified atom stereocenters. The van der Waals surface area contributed by atoms with Crippen LogP contribution in [0.1, 0.15) is 25.7 Å². The molecule has 0 atom stereocenters. The van der Waals surface area contributed by atoms with E-state index in [-0.39, 0.29) is 0 Å². The van der Waals surface area contributed by atoms with E-state index in [4.69, 9.17) is 0 Å². The standard InChI is InChI=1S/C14H16BrN3/c1-18(11-4-2-3-5-11)13-6-7-16-12-8-10(15)9-17-14(12)13/h6-9,11H,2-5H2,1H3. The molecule has 1 aliphatic carbocycles. The Kier molecular flexibility index (Phi) is 3.20. The smallest absolute Gasteiger partial charge is 0.112 e. The number of rotatable bonds is 2. The maximum atomic E-state index is 4.52. The summed E-state index contributed by atoms with van der Waals surface area (Å²) in [5.41, 5.74) is 3.14. The van der Waals surface area contributed by atoms with Crippen molar-refractivity contribution >= 4 is 32.7 Å². The lowest BCUT2D eigenvalue weighted by Gasteiger charge is -2.27. The molecule has 0 radical (unpaired) electrons. The molecule has 2 aromatic rings. The van der Waals surface area contributed by atoms with Crippen molar-refractivity contribution in [1.29, 1.82) is 0 Å². The summed E-state index contributed by atoms with van der Waals surface area (Å²) in [6, 6.07) is 4.75. The summed E-state index contributed by atoms with van der Waals surface area (Å²) in [6.45, 7) is 0.